The summed E-state index contributed by atoms with van der Waals surface area (Å²) in [7, 11) is 4.37. The van der Waals surface area contributed by atoms with E-state index in [0.717, 1.165) is 5.06 Å². The van der Waals surface area contributed by atoms with Crippen molar-refractivity contribution in [3.63, 3.8) is 0 Å². The summed E-state index contributed by atoms with van der Waals surface area (Å²) in [6.07, 6.45) is -0.501. The second-order valence-corrected chi connectivity index (χ2v) is 2.55. The number of hydrogen-bond acceptors (Lipinski definition) is 6. The van der Waals surface area contributed by atoms with Crippen LogP contribution in [0.2, 0.25) is 0 Å². The standard InChI is InChI=1S/C5H13NO5S/c1-6(11-12(7)8)4-5(9-2)10-3/h5H,4H2,1-3H3,(H,7,8)/p-1. The van der Waals surface area contributed by atoms with Gasteiger partial charge in [-0.25, -0.2) is 8.49 Å². The fourth-order valence-corrected chi connectivity index (χ4v) is 0.858. The van der Waals surface area contributed by atoms with Crippen LogP contribution in [-0.4, -0.2) is 47.9 Å². The second kappa shape index (κ2) is 6.46. The largest absolute Gasteiger partial charge is 0.748 e. The van der Waals surface area contributed by atoms with E-state index in [4.69, 9.17) is 9.47 Å². The smallest absolute Gasteiger partial charge is 0.171 e. The van der Waals surface area contributed by atoms with Gasteiger partial charge in [0.05, 0.1) is 6.54 Å². The Labute approximate surface area is 73.8 Å². The summed E-state index contributed by atoms with van der Waals surface area (Å²) in [4.78, 5) is 0. The van der Waals surface area contributed by atoms with Crippen LogP contribution in [0.25, 0.3) is 0 Å². The van der Waals surface area contributed by atoms with Crippen molar-refractivity contribution in [2.75, 3.05) is 27.8 Å². The zero-order valence-corrected chi connectivity index (χ0v) is 8.00. The second-order valence-electron chi connectivity index (χ2n) is 1.99. The van der Waals surface area contributed by atoms with Crippen molar-refractivity contribution in [2.45, 2.75) is 6.29 Å². The van der Waals surface area contributed by atoms with Crippen molar-refractivity contribution < 1.29 is 22.5 Å². The van der Waals surface area contributed by atoms with Crippen LogP contribution in [0, 0.1) is 0 Å². The molecule has 0 aromatic carbocycles. The Bertz CT molecular complexity index is 140. The summed E-state index contributed by atoms with van der Waals surface area (Å²) in [5.74, 6) is 0. The highest BCUT2D eigenvalue weighted by atomic mass is 32.2. The number of rotatable bonds is 6. The maximum absolute atomic E-state index is 10.0. The van der Waals surface area contributed by atoms with Crippen molar-refractivity contribution in [1.82, 2.24) is 5.06 Å². The van der Waals surface area contributed by atoms with E-state index >= 15 is 0 Å². The van der Waals surface area contributed by atoms with E-state index < -0.39 is 17.7 Å². The van der Waals surface area contributed by atoms with Gasteiger partial charge < -0.3 is 14.0 Å². The molecule has 0 aromatic rings. The normalized spacial score (nSPS) is 14.2. The minimum atomic E-state index is -2.55. The van der Waals surface area contributed by atoms with Gasteiger partial charge in [0.1, 0.15) is 11.4 Å². The topological polar surface area (TPSA) is 71.1 Å². The zero-order chi connectivity index (χ0) is 9.56. The average molecular weight is 198 g/mol. The quantitative estimate of drug-likeness (QED) is 0.318. The molecule has 0 aromatic heterocycles. The fraction of sp³-hybridized carbons (Fsp3) is 1.00. The molecule has 74 valence electrons. The molecular weight excluding hydrogens is 186 g/mol. The molecule has 0 heterocycles. The summed E-state index contributed by atoms with van der Waals surface area (Å²) in [5, 5.41) is 1.10. The van der Waals surface area contributed by atoms with Crippen molar-refractivity contribution in [3.05, 3.63) is 0 Å². The first kappa shape index (κ1) is 11.9. The van der Waals surface area contributed by atoms with E-state index in [9.17, 15) is 8.76 Å². The third kappa shape index (κ3) is 5.58. The van der Waals surface area contributed by atoms with Gasteiger partial charge in [-0.1, -0.05) is 0 Å². The number of likely N-dealkylation sites (N-methyl/N-ethyl adjacent to an activating group) is 1. The summed E-state index contributed by atoms with van der Waals surface area (Å²) in [6, 6.07) is 0. The maximum atomic E-state index is 10.0. The van der Waals surface area contributed by atoms with Crippen LogP contribution >= 0.6 is 0 Å². The number of hydrogen-bond donors (Lipinski definition) is 0. The molecule has 1 unspecified atom stereocenters. The lowest BCUT2D eigenvalue weighted by Crippen LogP contribution is -2.32. The molecule has 0 saturated heterocycles. The third-order valence-electron chi connectivity index (χ3n) is 1.12. The van der Waals surface area contributed by atoms with E-state index in [-0.39, 0.29) is 6.54 Å². The predicted molar refractivity (Wildman–Crippen MR) is 40.4 cm³/mol. The van der Waals surface area contributed by atoms with Crippen molar-refractivity contribution in [3.8, 4) is 0 Å². The summed E-state index contributed by atoms with van der Waals surface area (Å²) in [6.45, 7) is 0.209. The van der Waals surface area contributed by atoms with E-state index in [1.807, 2.05) is 0 Å². The molecule has 0 aliphatic rings. The molecule has 0 N–H and O–H groups in total. The number of ether oxygens (including phenoxy) is 2. The van der Waals surface area contributed by atoms with E-state index in [1.54, 1.807) is 0 Å². The lowest BCUT2D eigenvalue weighted by Gasteiger charge is -2.21. The maximum Gasteiger partial charge on any atom is 0.171 e. The van der Waals surface area contributed by atoms with Gasteiger partial charge in [-0.15, -0.1) is 0 Å². The molecule has 12 heavy (non-hydrogen) atoms. The van der Waals surface area contributed by atoms with Gasteiger partial charge in [0.15, 0.2) is 6.29 Å². The molecule has 0 aliphatic heterocycles. The van der Waals surface area contributed by atoms with Crippen LogP contribution in [0.3, 0.4) is 0 Å². The first-order valence-electron chi connectivity index (χ1n) is 3.14. The molecule has 0 spiro atoms. The summed E-state index contributed by atoms with van der Waals surface area (Å²) >= 11 is -2.55. The lowest BCUT2D eigenvalue weighted by molar-refractivity contribution is -0.155. The van der Waals surface area contributed by atoms with E-state index in [1.165, 1.54) is 21.3 Å². The Morgan fingerprint density at radius 1 is 1.50 bits per heavy atom. The van der Waals surface area contributed by atoms with Gasteiger partial charge in [0.2, 0.25) is 0 Å². The monoisotopic (exact) mass is 198 g/mol. The highest BCUT2D eigenvalue weighted by molar-refractivity contribution is 7.74. The van der Waals surface area contributed by atoms with Crippen LogP contribution in [-0.2, 0) is 25.1 Å². The molecule has 0 rings (SSSR count). The van der Waals surface area contributed by atoms with Crippen LogP contribution in [0.15, 0.2) is 0 Å². The first-order chi connectivity index (χ1) is 5.60. The molecule has 6 nitrogen and oxygen atoms in total. The number of hydroxylamine groups is 2. The van der Waals surface area contributed by atoms with Crippen LogP contribution in [0.5, 0.6) is 0 Å². The van der Waals surface area contributed by atoms with Crippen molar-refractivity contribution in [2.24, 2.45) is 0 Å². The summed E-state index contributed by atoms with van der Waals surface area (Å²) in [5.41, 5.74) is 0. The fourth-order valence-electron chi connectivity index (χ4n) is 0.590. The van der Waals surface area contributed by atoms with Gasteiger partial charge in [-0.05, 0) is 0 Å². The zero-order valence-electron chi connectivity index (χ0n) is 7.18. The summed E-state index contributed by atoms with van der Waals surface area (Å²) < 4.78 is 33.9. The highest BCUT2D eigenvalue weighted by Crippen LogP contribution is 1.96. The van der Waals surface area contributed by atoms with Crippen LogP contribution in [0.1, 0.15) is 0 Å². The van der Waals surface area contributed by atoms with Gasteiger partial charge in [-0.3, -0.25) is 0 Å². The Hall–Kier alpha value is -0.0500. The average Bonchev–Trinajstić information content (AvgIpc) is 1.98. The van der Waals surface area contributed by atoms with Crippen molar-refractivity contribution >= 4 is 11.4 Å². The van der Waals surface area contributed by atoms with E-state index in [2.05, 4.69) is 4.28 Å². The molecule has 0 bridgehead atoms. The van der Waals surface area contributed by atoms with E-state index in [0.29, 0.717) is 0 Å². The Kier molecular flexibility index (Phi) is 6.44. The molecule has 1 atom stereocenters. The van der Waals surface area contributed by atoms with Crippen molar-refractivity contribution in [1.29, 1.82) is 0 Å². The van der Waals surface area contributed by atoms with Gasteiger partial charge in [0, 0.05) is 21.3 Å². The SMILES string of the molecule is COC(CN(C)OS(=O)[O-])OC. The lowest BCUT2D eigenvalue weighted by atomic mass is 10.6. The Balaban J connectivity index is 3.65. The Morgan fingerprint density at radius 2 is 2.00 bits per heavy atom. The molecule has 0 radical (unpaired) electrons. The number of nitrogens with zero attached hydrogens (tertiary/aromatic N) is 1. The minimum Gasteiger partial charge on any atom is -0.748 e. The minimum absolute atomic E-state index is 0.209. The molecule has 0 aliphatic carbocycles. The van der Waals surface area contributed by atoms with Crippen LogP contribution < -0.4 is 0 Å². The first-order valence-corrected chi connectivity index (χ1v) is 4.14. The van der Waals surface area contributed by atoms with Gasteiger partial charge in [0.25, 0.3) is 0 Å². The third-order valence-corrected chi connectivity index (χ3v) is 1.50. The molecule has 0 fully saturated rings. The highest BCUT2D eigenvalue weighted by Gasteiger charge is 2.09. The molecular formula is C5H12NO5S-. The predicted octanol–water partition coefficient (Wildman–Crippen LogP) is -0.737. The van der Waals surface area contributed by atoms with Gasteiger partial charge in [-0.2, -0.15) is 5.06 Å². The van der Waals surface area contributed by atoms with Gasteiger partial charge >= 0.3 is 0 Å². The van der Waals surface area contributed by atoms with Crippen LogP contribution in [0.4, 0.5) is 0 Å². The molecule has 7 heteroatoms. The Morgan fingerprint density at radius 3 is 2.33 bits per heavy atom. The number of methoxy groups -OCH3 is 2. The molecule has 0 amide bonds. The molecule has 0 saturated carbocycles.